The summed E-state index contributed by atoms with van der Waals surface area (Å²) >= 11 is 0. The summed E-state index contributed by atoms with van der Waals surface area (Å²) in [5.74, 6) is -0.0979. The van der Waals surface area contributed by atoms with Crippen molar-refractivity contribution >= 4 is 5.91 Å². The largest absolute Gasteiger partial charge is 0.441 e. The Labute approximate surface area is 81.9 Å². The molecule has 1 aliphatic heterocycles. The van der Waals surface area contributed by atoms with E-state index in [-0.39, 0.29) is 17.8 Å². The molecule has 5 nitrogen and oxygen atoms in total. The number of hydrogen-bond acceptors (Lipinski definition) is 4. The molecule has 1 fully saturated rings. The molecule has 1 aromatic heterocycles. The SMILES string of the molecule is O=C(NC1CCCNC1)c1ncco1. The van der Waals surface area contributed by atoms with Crippen molar-refractivity contribution in [2.75, 3.05) is 13.1 Å². The predicted molar refractivity (Wildman–Crippen MR) is 49.9 cm³/mol. The molecule has 1 saturated heterocycles. The van der Waals surface area contributed by atoms with Gasteiger partial charge >= 0.3 is 5.91 Å². The molecule has 1 atom stereocenters. The first kappa shape index (κ1) is 9.21. The van der Waals surface area contributed by atoms with Crippen LogP contribution in [0.5, 0.6) is 0 Å². The second kappa shape index (κ2) is 4.23. The highest BCUT2D eigenvalue weighted by Gasteiger charge is 2.18. The van der Waals surface area contributed by atoms with Gasteiger partial charge in [-0.15, -0.1) is 0 Å². The van der Waals surface area contributed by atoms with Crippen molar-refractivity contribution < 1.29 is 9.21 Å². The van der Waals surface area contributed by atoms with Gasteiger partial charge in [0.25, 0.3) is 5.89 Å². The molecule has 0 aliphatic carbocycles. The Kier molecular flexibility index (Phi) is 2.78. The van der Waals surface area contributed by atoms with Crippen LogP contribution in [-0.4, -0.2) is 30.0 Å². The monoisotopic (exact) mass is 195 g/mol. The lowest BCUT2D eigenvalue weighted by molar-refractivity contribution is 0.0895. The minimum Gasteiger partial charge on any atom is -0.441 e. The molecule has 5 heteroatoms. The molecule has 1 unspecified atom stereocenters. The van der Waals surface area contributed by atoms with Gasteiger partial charge < -0.3 is 15.1 Å². The topological polar surface area (TPSA) is 67.2 Å². The molecule has 2 N–H and O–H groups in total. The number of aromatic nitrogens is 1. The van der Waals surface area contributed by atoms with Crippen molar-refractivity contribution in [3.63, 3.8) is 0 Å². The van der Waals surface area contributed by atoms with Crippen LogP contribution in [0.1, 0.15) is 23.5 Å². The van der Waals surface area contributed by atoms with Crippen LogP contribution < -0.4 is 10.6 Å². The van der Waals surface area contributed by atoms with E-state index in [2.05, 4.69) is 15.6 Å². The Morgan fingerprint density at radius 3 is 3.29 bits per heavy atom. The molecule has 0 spiro atoms. The molecule has 1 aliphatic rings. The Bertz CT molecular complexity index is 291. The molecule has 14 heavy (non-hydrogen) atoms. The number of amides is 1. The van der Waals surface area contributed by atoms with Crippen LogP contribution in [0.25, 0.3) is 0 Å². The Morgan fingerprint density at radius 1 is 1.71 bits per heavy atom. The zero-order valence-corrected chi connectivity index (χ0v) is 7.82. The zero-order chi connectivity index (χ0) is 9.80. The summed E-state index contributed by atoms with van der Waals surface area (Å²) in [4.78, 5) is 15.3. The highest BCUT2D eigenvalue weighted by molar-refractivity contribution is 5.89. The van der Waals surface area contributed by atoms with Crippen molar-refractivity contribution in [2.24, 2.45) is 0 Å². The average Bonchev–Trinajstić information content (AvgIpc) is 2.72. The summed E-state index contributed by atoms with van der Waals surface area (Å²) in [7, 11) is 0. The standard InChI is InChI=1S/C9H13N3O2/c13-8(9-11-4-5-14-9)12-7-2-1-3-10-6-7/h4-5,7,10H,1-3,6H2,(H,12,13). The van der Waals surface area contributed by atoms with Crippen molar-refractivity contribution in [1.82, 2.24) is 15.6 Å². The van der Waals surface area contributed by atoms with Crippen LogP contribution in [0.2, 0.25) is 0 Å². The van der Waals surface area contributed by atoms with Crippen molar-refractivity contribution in [1.29, 1.82) is 0 Å². The highest BCUT2D eigenvalue weighted by atomic mass is 16.3. The van der Waals surface area contributed by atoms with Gasteiger partial charge in [-0.25, -0.2) is 4.98 Å². The predicted octanol–water partition coefficient (Wildman–Crippen LogP) is 0.156. The maximum atomic E-state index is 11.5. The van der Waals surface area contributed by atoms with E-state index < -0.39 is 0 Å². The number of carbonyl (C=O) groups is 1. The van der Waals surface area contributed by atoms with E-state index in [1.165, 1.54) is 12.5 Å². The van der Waals surface area contributed by atoms with Gasteiger partial charge in [0, 0.05) is 12.6 Å². The van der Waals surface area contributed by atoms with Crippen LogP contribution in [0, 0.1) is 0 Å². The van der Waals surface area contributed by atoms with Gasteiger partial charge in [0.05, 0.1) is 6.20 Å². The summed E-state index contributed by atoms with van der Waals surface area (Å²) in [5, 5.41) is 6.08. The van der Waals surface area contributed by atoms with E-state index in [1.54, 1.807) is 0 Å². The normalized spacial score (nSPS) is 21.9. The van der Waals surface area contributed by atoms with Gasteiger partial charge in [0.2, 0.25) is 0 Å². The van der Waals surface area contributed by atoms with E-state index in [0.29, 0.717) is 0 Å². The van der Waals surface area contributed by atoms with Crippen LogP contribution >= 0.6 is 0 Å². The quantitative estimate of drug-likeness (QED) is 0.705. The third-order valence-electron chi connectivity index (χ3n) is 2.26. The molecule has 0 saturated carbocycles. The smallest absolute Gasteiger partial charge is 0.307 e. The molecule has 2 rings (SSSR count). The van der Waals surface area contributed by atoms with Crippen LogP contribution in [-0.2, 0) is 0 Å². The average molecular weight is 195 g/mol. The van der Waals surface area contributed by atoms with Crippen molar-refractivity contribution in [2.45, 2.75) is 18.9 Å². The fourth-order valence-electron chi connectivity index (χ4n) is 1.56. The highest BCUT2D eigenvalue weighted by Crippen LogP contribution is 2.02. The molecular formula is C9H13N3O2. The summed E-state index contributed by atoms with van der Waals surface area (Å²) in [5.41, 5.74) is 0. The van der Waals surface area contributed by atoms with Crippen LogP contribution in [0.4, 0.5) is 0 Å². The second-order valence-corrected chi connectivity index (χ2v) is 3.35. The minimum atomic E-state index is -0.233. The minimum absolute atomic E-state index is 0.135. The first-order valence-electron chi connectivity index (χ1n) is 4.77. The maximum Gasteiger partial charge on any atom is 0.307 e. The summed E-state index contributed by atoms with van der Waals surface area (Å²) in [6.07, 6.45) is 4.97. The van der Waals surface area contributed by atoms with E-state index in [4.69, 9.17) is 4.42 Å². The third-order valence-corrected chi connectivity index (χ3v) is 2.26. The number of hydrogen-bond donors (Lipinski definition) is 2. The fourth-order valence-corrected chi connectivity index (χ4v) is 1.56. The van der Waals surface area contributed by atoms with E-state index in [0.717, 1.165) is 25.9 Å². The van der Waals surface area contributed by atoms with Gasteiger partial charge in [-0.05, 0) is 19.4 Å². The number of oxazole rings is 1. The second-order valence-electron chi connectivity index (χ2n) is 3.35. The lowest BCUT2D eigenvalue weighted by atomic mass is 10.1. The van der Waals surface area contributed by atoms with Gasteiger partial charge in [0.15, 0.2) is 0 Å². The molecule has 1 aromatic rings. The van der Waals surface area contributed by atoms with Crippen LogP contribution in [0.15, 0.2) is 16.9 Å². The summed E-state index contributed by atoms with van der Waals surface area (Å²) < 4.78 is 4.89. The van der Waals surface area contributed by atoms with Gasteiger partial charge in [-0.1, -0.05) is 0 Å². The molecule has 1 amide bonds. The van der Waals surface area contributed by atoms with E-state index in [9.17, 15) is 4.79 Å². The molecule has 0 bridgehead atoms. The maximum absolute atomic E-state index is 11.5. The number of nitrogens with zero attached hydrogens (tertiary/aromatic N) is 1. The Hall–Kier alpha value is -1.36. The van der Waals surface area contributed by atoms with E-state index >= 15 is 0 Å². The van der Waals surface area contributed by atoms with Crippen LogP contribution in [0.3, 0.4) is 0 Å². The number of carbonyl (C=O) groups excluding carboxylic acids is 1. The molecular weight excluding hydrogens is 182 g/mol. The van der Waals surface area contributed by atoms with Gasteiger partial charge in [-0.3, -0.25) is 4.79 Å². The van der Waals surface area contributed by atoms with Crippen molar-refractivity contribution in [3.05, 3.63) is 18.4 Å². The Morgan fingerprint density at radius 2 is 2.64 bits per heavy atom. The lowest BCUT2D eigenvalue weighted by Gasteiger charge is -2.22. The van der Waals surface area contributed by atoms with Gasteiger partial charge in [0.1, 0.15) is 6.26 Å². The number of rotatable bonds is 2. The molecule has 2 heterocycles. The summed E-state index contributed by atoms with van der Waals surface area (Å²) in [6.45, 7) is 1.86. The number of piperidine rings is 1. The molecule has 0 radical (unpaired) electrons. The fraction of sp³-hybridized carbons (Fsp3) is 0.556. The molecule has 0 aromatic carbocycles. The lowest BCUT2D eigenvalue weighted by Crippen LogP contribution is -2.45. The first-order chi connectivity index (χ1) is 6.86. The van der Waals surface area contributed by atoms with Crippen molar-refractivity contribution in [3.8, 4) is 0 Å². The zero-order valence-electron chi connectivity index (χ0n) is 7.82. The first-order valence-corrected chi connectivity index (χ1v) is 4.77. The third kappa shape index (κ3) is 2.11. The Balaban J connectivity index is 1.87. The van der Waals surface area contributed by atoms with Gasteiger partial charge in [-0.2, -0.15) is 0 Å². The number of nitrogens with one attached hydrogen (secondary N) is 2. The molecule has 76 valence electrons. The summed E-state index contributed by atoms with van der Waals surface area (Å²) in [6, 6.07) is 0.197. The van der Waals surface area contributed by atoms with E-state index in [1.807, 2.05) is 0 Å².